The number of fused-ring (bicyclic) bond motifs is 1. The molecule has 0 atom stereocenters. The molecule has 29 heavy (non-hydrogen) atoms. The van der Waals surface area contributed by atoms with Crippen molar-refractivity contribution in [3.8, 4) is 11.5 Å². The molecule has 0 aliphatic rings. The largest absolute Gasteiger partial charge is 0.507 e. The summed E-state index contributed by atoms with van der Waals surface area (Å²) < 4.78 is 64.9. The quantitative estimate of drug-likeness (QED) is 0.337. The average molecular weight is 459 g/mol. The third kappa shape index (κ3) is 4.16. The normalized spacial score (nSPS) is 12.7. The number of phenolic OH excluding ortho intramolecular Hbond substituents is 2. The fourth-order valence-electron chi connectivity index (χ4n) is 2.52. The van der Waals surface area contributed by atoms with E-state index in [0.29, 0.717) is 6.07 Å². The molecular weight excluding hydrogens is 448 g/mol. The predicted molar refractivity (Wildman–Crippen MR) is 103 cm³/mol. The van der Waals surface area contributed by atoms with E-state index >= 15 is 0 Å². The Morgan fingerprint density at radius 2 is 1.52 bits per heavy atom. The van der Waals surface area contributed by atoms with Gasteiger partial charge in [0.05, 0.1) is 15.3 Å². The fourth-order valence-corrected chi connectivity index (χ4v) is 3.89. The molecule has 0 unspecified atom stereocenters. The van der Waals surface area contributed by atoms with Gasteiger partial charge in [-0.05, 0) is 29.7 Å². The number of halogens is 1. The molecule has 3 aromatic rings. The van der Waals surface area contributed by atoms with Crippen molar-refractivity contribution in [1.29, 1.82) is 0 Å². The van der Waals surface area contributed by atoms with Crippen molar-refractivity contribution in [2.45, 2.75) is 9.79 Å². The molecule has 0 radical (unpaired) electrons. The summed E-state index contributed by atoms with van der Waals surface area (Å²) in [6, 6.07) is 8.35. The van der Waals surface area contributed by atoms with Crippen molar-refractivity contribution >= 4 is 54.0 Å². The lowest BCUT2D eigenvalue weighted by Gasteiger charge is -2.11. The molecule has 152 valence electrons. The van der Waals surface area contributed by atoms with Crippen molar-refractivity contribution in [3.05, 3.63) is 47.5 Å². The molecule has 0 spiro atoms. The maximum Gasteiger partial charge on any atom is 0.296 e. The molecule has 0 saturated carbocycles. The van der Waals surface area contributed by atoms with Gasteiger partial charge >= 0.3 is 0 Å². The first-order valence-electron chi connectivity index (χ1n) is 7.53. The molecule has 0 amide bonds. The third-order valence-corrected chi connectivity index (χ3v) is 5.81. The van der Waals surface area contributed by atoms with Crippen LogP contribution < -0.4 is 0 Å². The number of hydrogen-bond donors (Lipinski definition) is 4. The molecular formula is C16H11ClN2O8S2. The third-order valence-electron chi connectivity index (χ3n) is 3.79. The smallest absolute Gasteiger partial charge is 0.296 e. The highest BCUT2D eigenvalue weighted by Crippen LogP contribution is 2.45. The van der Waals surface area contributed by atoms with Gasteiger partial charge in [0.25, 0.3) is 20.2 Å². The van der Waals surface area contributed by atoms with Crippen LogP contribution in [0.5, 0.6) is 11.5 Å². The maximum atomic E-state index is 11.8. The van der Waals surface area contributed by atoms with Gasteiger partial charge in [0.2, 0.25) is 0 Å². The lowest BCUT2D eigenvalue weighted by Crippen LogP contribution is -2.01. The van der Waals surface area contributed by atoms with Crippen LogP contribution in [0.15, 0.2) is 62.5 Å². The number of azo groups is 1. The van der Waals surface area contributed by atoms with E-state index in [4.69, 9.17) is 16.2 Å². The van der Waals surface area contributed by atoms with Crippen molar-refractivity contribution < 1.29 is 36.2 Å². The number of benzene rings is 3. The Labute approximate surface area is 169 Å². The van der Waals surface area contributed by atoms with Crippen LogP contribution in [0.1, 0.15) is 0 Å². The number of rotatable bonds is 4. The standard InChI is InChI=1S/C16H11ClN2O8S2/c17-10-3-1-2-4-11(10)18-19-15-13(29(25,26)27)6-8-5-9(28(22,23)24)7-12(20)14(8)16(15)21/h1-7,20-21H,(H,22,23,24)(H,25,26,27). The van der Waals surface area contributed by atoms with E-state index in [1.165, 1.54) is 12.1 Å². The van der Waals surface area contributed by atoms with Gasteiger partial charge in [-0.1, -0.05) is 23.7 Å². The van der Waals surface area contributed by atoms with E-state index in [0.717, 1.165) is 12.1 Å². The molecule has 0 heterocycles. The zero-order chi connectivity index (χ0) is 21.6. The minimum absolute atomic E-state index is 0.126. The van der Waals surface area contributed by atoms with Crippen molar-refractivity contribution in [1.82, 2.24) is 0 Å². The first kappa shape index (κ1) is 21.0. The SMILES string of the molecule is O=S(=O)(O)c1cc(O)c2c(O)c(N=Nc3ccccc3Cl)c(S(=O)(=O)O)cc2c1. The Balaban J connectivity index is 2.36. The number of hydrogen-bond acceptors (Lipinski definition) is 8. The molecule has 0 saturated heterocycles. The van der Waals surface area contributed by atoms with Gasteiger partial charge in [0, 0.05) is 6.07 Å². The highest BCUT2D eigenvalue weighted by atomic mass is 35.5. The molecule has 3 rings (SSSR count). The molecule has 10 nitrogen and oxygen atoms in total. The summed E-state index contributed by atoms with van der Waals surface area (Å²) in [5.41, 5.74) is -0.587. The van der Waals surface area contributed by atoms with Crippen molar-refractivity contribution in [3.63, 3.8) is 0 Å². The summed E-state index contributed by atoms with van der Waals surface area (Å²) in [7, 11) is -9.71. The van der Waals surface area contributed by atoms with Crippen LogP contribution in [0.4, 0.5) is 11.4 Å². The summed E-state index contributed by atoms with van der Waals surface area (Å²) >= 11 is 5.94. The summed E-state index contributed by atoms with van der Waals surface area (Å²) in [5, 5.41) is 27.5. The highest BCUT2D eigenvalue weighted by molar-refractivity contribution is 7.86. The van der Waals surface area contributed by atoms with Crippen LogP contribution in [0.3, 0.4) is 0 Å². The van der Waals surface area contributed by atoms with Crippen LogP contribution >= 0.6 is 11.6 Å². The first-order chi connectivity index (χ1) is 13.4. The van der Waals surface area contributed by atoms with Gasteiger partial charge in [-0.3, -0.25) is 9.11 Å². The van der Waals surface area contributed by atoms with Crippen LogP contribution in [0, 0.1) is 0 Å². The monoisotopic (exact) mass is 458 g/mol. The molecule has 0 bridgehead atoms. The Hall–Kier alpha value is -2.77. The molecule has 0 aliphatic heterocycles. The Kier molecular flexibility index (Phi) is 5.23. The van der Waals surface area contributed by atoms with E-state index in [-0.39, 0.29) is 21.5 Å². The van der Waals surface area contributed by atoms with Crippen LogP contribution in [0.25, 0.3) is 10.8 Å². The van der Waals surface area contributed by atoms with E-state index in [1.54, 1.807) is 12.1 Å². The molecule has 3 aromatic carbocycles. The maximum absolute atomic E-state index is 11.8. The molecule has 0 aliphatic carbocycles. The summed E-state index contributed by atoms with van der Waals surface area (Å²) in [5.74, 6) is -1.69. The van der Waals surface area contributed by atoms with Gasteiger partial charge in [-0.15, -0.1) is 10.2 Å². The lowest BCUT2D eigenvalue weighted by atomic mass is 10.1. The fraction of sp³-hybridized carbons (Fsp3) is 0. The minimum atomic E-state index is -4.96. The molecule has 0 aromatic heterocycles. The lowest BCUT2D eigenvalue weighted by molar-refractivity contribution is 0.457. The second-order valence-electron chi connectivity index (χ2n) is 5.71. The summed E-state index contributed by atoms with van der Waals surface area (Å²) in [4.78, 5) is -1.67. The zero-order valence-corrected chi connectivity index (χ0v) is 16.4. The topological polar surface area (TPSA) is 174 Å². The molecule has 0 fully saturated rings. The molecule has 4 N–H and O–H groups in total. The second kappa shape index (κ2) is 7.24. The second-order valence-corrected chi connectivity index (χ2v) is 8.93. The van der Waals surface area contributed by atoms with Gasteiger partial charge in [0.1, 0.15) is 22.0 Å². The number of nitrogens with zero attached hydrogens (tertiary/aromatic N) is 2. The molecule has 13 heteroatoms. The first-order valence-corrected chi connectivity index (χ1v) is 10.8. The van der Waals surface area contributed by atoms with E-state index in [2.05, 4.69) is 10.2 Å². The number of phenols is 2. The Bertz CT molecular complexity index is 1390. The van der Waals surface area contributed by atoms with Gasteiger partial charge in [0.15, 0.2) is 5.75 Å². The van der Waals surface area contributed by atoms with E-state index < -0.39 is 47.2 Å². The Morgan fingerprint density at radius 3 is 2.10 bits per heavy atom. The average Bonchev–Trinajstić information content (AvgIpc) is 2.60. The van der Waals surface area contributed by atoms with Crippen molar-refractivity contribution in [2.75, 3.05) is 0 Å². The van der Waals surface area contributed by atoms with Crippen LogP contribution in [0.2, 0.25) is 5.02 Å². The Morgan fingerprint density at radius 1 is 0.862 bits per heavy atom. The summed E-state index contributed by atoms with van der Waals surface area (Å²) in [6.07, 6.45) is 0. The van der Waals surface area contributed by atoms with Gasteiger partial charge in [-0.25, -0.2) is 0 Å². The van der Waals surface area contributed by atoms with E-state index in [9.17, 15) is 31.6 Å². The zero-order valence-electron chi connectivity index (χ0n) is 14.1. The van der Waals surface area contributed by atoms with Crippen LogP contribution in [-0.4, -0.2) is 36.2 Å². The van der Waals surface area contributed by atoms with Gasteiger partial charge < -0.3 is 10.2 Å². The van der Waals surface area contributed by atoms with Crippen LogP contribution in [-0.2, 0) is 20.2 Å². The highest BCUT2D eigenvalue weighted by Gasteiger charge is 2.25. The minimum Gasteiger partial charge on any atom is -0.507 e. The van der Waals surface area contributed by atoms with Gasteiger partial charge in [-0.2, -0.15) is 16.8 Å². The summed E-state index contributed by atoms with van der Waals surface area (Å²) in [6.45, 7) is 0. The van der Waals surface area contributed by atoms with Crippen molar-refractivity contribution in [2.24, 2.45) is 10.2 Å². The van der Waals surface area contributed by atoms with E-state index in [1.807, 2.05) is 0 Å². The number of aromatic hydroxyl groups is 2. The predicted octanol–water partition coefficient (Wildman–Crippen LogP) is 3.81.